The van der Waals surface area contributed by atoms with Gasteiger partial charge in [-0.2, -0.15) is 0 Å². The first kappa shape index (κ1) is 17.5. The third-order valence-corrected chi connectivity index (χ3v) is 5.27. The van der Waals surface area contributed by atoms with Crippen molar-refractivity contribution in [1.82, 2.24) is 4.90 Å². The number of halogens is 1. The van der Waals surface area contributed by atoms with Crippen LogP contribution in [0.1, 0.15) is 27.6 Å². The summed E-state index contributed by atoms with van der Waals surface area (Å²) in [7, 11) is 0. The zero-order valence-electron chi connectivity index (χ0n) is 14.8. The van der Waals surface area contributed by atoms with E-state index < -0.39 is 0 Å². The molecule has 0 unspecified atom stereocenters. The maximum absolute atomic E-state index is 12.9. The van der Waals surface area contributed by atoms with Gasteiger partial charge >= 0.3 is 0 Å². The van der Waals surface area contributed by atoms with Gasteiger partial charge in [-0.1, -0.05) is 23.7 Å². The Kier molecular flexibility index (Phi) is 4.36. The van der Waals surface area contributed by atoms with E-state index in [1.165, 1.54) is 4.90 Å². The molecule has 0 spiro atoms. The lowest BCUT2D eigenvalue weighted by Crippen LogP contribution is -2.48. The van der Waals surface area contributed by atoms with Crippen molar-refractivity contribution in [2.45, 2.75) is 6.92 Å². The highest BCUT2D eigenvalue weighted by molar-refractivity contribution is 6.36. The Balaban J connectivity index is 1.71. The molecule has 0 saturated carbocycles. The van der Waals surface area contributed by atoms with Crippen molar-refractivity contribution in [2.75, 3.05) is 36.0 Å². The quantitative estimate of drug-likeness (QED) is 0.748. The second kappa shape index (κ2) is 6.70. The molecule has 1 saturated heterocycles. The van der Waals surface area contributed by atoms with Gasteiger partial charge in [-0.25, -0.2) is 4.90 Å². The average molecular weight is 384 g/mol. The van der Waals surface area contributed by atoms with Gasteiger partial charge < -0.3 is 9.80 Å². The molecule has 1 fully saturated rings. The molecule has 6 nitrogen and oxygen atoms in total. The molecule has 0 aliphatic carbocycles. The van der Waals surface area contributed by atoms with Crippen LogP contribution < -0.4 is 9.80 Å². The van der Waals surface area contributed by atoms with E-state index in [0.29, 0.717) is 48.0 Å². The van der Waals surface area contributed by atoms with E-state index in [4.69, 9.17) is 11.6 Å². The smallest absolute Gasteiger partial charge is 0.266 e. The Hall–Kier alpha value is -2.86. The van der Waals surface area contributed by atoms with Crippen LogP contribution in [-0.4, -0.2) is 48.8 Å². The molecule has 2 heterocycles. The zero-order chi connectivity index (χ0) is 19.1. The summed E-state index contributed by atoms with van der Waals surface area (Å²) in [6.07, 6.45) is 0. The minimum atomic E-state index is -0.346. The van der Waals surface area contributed by atoms with Gasteiger partial charge in [-0.05, 0) is 30.3 Å². The molecular formula is C20H18ClN3O3. The monoisotopic (exact) mass is 383 g/mol. The molecular weight excluding hydrogens is 366 g/mol. The first-order chi connectivity index (χ1) is 13.0. The standard InChI is InChI=1S/C20H18ClN3O3/c1-13(25)22-8-10-23(11-9-22)17-7-6-14(21)12-18(17)24-19(26)15-4-2-3-5-16(15)20(24)27/h2-7,12H,8-11H2,1H3. The van der Waals surface area contributed by atoms with Gasteiger partial charge in [0.05, 0.1) is 22.5 Å². The van der Waals surface area contributed by atoms with Crippen molar-refractivity contribution < 1.29 is 14.4 Å². The molecule has 0 aromatic heterocycles. The highest BCUT2D eigenvalue weighted by Crippen LogP contribution is 2.37. The van der Waals surface area contributed by atoms with Gasteiger partial charge in [-0.15, -0.1) is 0 Å². The van der Waals surface area contributed by atoms with Crippen LogP contribution in [0.5, 0.6) is 0 Å². The van der Waals surface area contributed by atoms with Gasteiger partial charge in [0, 0.05) is 38.1 Å². The van der Waals surface area contributed by atoms with E-state index in [0.717, 1.165) is 5.69 Å². The van der Waals surface area contributed by atoms with Gasteiger partial charge in [0.15, 0.2) is 0 Å². The summed E-state index contributed by atoms with van der Waals surface area (Å²) in [5, 5.41) is 0.452. The number of imide groups is 1. The topological polar surface area (TPSA) is 60.9 Å². The van der Waals surface area contributed by atoms with Gasteiger partial charge in [0.1, 0.15) is 0 Å². The van der Waals surface area contributed by atoms with E-state index in [1.54, 1.807) is 48.2 Å². The summed E-state index contributed by atoms with van der Waals surface area (Å²) >= 11 is 6.18. The largest absolute Gasteiger partial charge is 0.366 e. The molecule has 0 atom stereocenters. The van der Waals surface area contributed by atoms with Crippen LogP contribution in [-0.2, 0) is 4.79 Å². The van der Waals surface area contributed by atoms with Gasteiger partial charge in [0.25, 0.3) is 11.8 Å². The summed E-state index contributed by atoms with van der Waals surface area (Å²) in [6, 6.07) is 12.0. The van der Waals surface area contributed by atoms with Crippen molar-refractivity contribution in [3.05, 3.63) is 58.6 Å². The molecule has 7 heteroatoms. The number of carbonyl (C=O) groups is 3. The molecule has 3 amide bonds. The fourth-order valence-electron chi connectivity index (χ4n) is 3.61. The second-order valence-electron chi connectivity index (χ2n) is 6.62. The van der Waals surface area contributed by atoms with Crippen molar-refractivity contribution in [2.24, 2.45) is 0 Å². The molecule has 0 N–H and O–H groups in total. The highest BCUT2D eigenvalue weighted by atomic mass is 35.5. The number of anilines is 2. The van der Waals surface area contributed by atoms with Crippen LogP contribution in [0.15, 0.2) is 42.5 Å². The predicted molar refractivity (Wildman–Crippen MR) is 104 cm³/mol. The fourth-order valence-corrected chi connectivity index (χ4v) is 3.78. The summed E-state index contributed by atoms with van der Waals surface area (Å²) in [4.78, 5) is 42.4. The lowest BCUT2D eigenvalue weighted by molar-refractivity contribution is -0.129. The summed E-state index contributed by atoms with van der Waals surface area (Å²) in [6.45, 7) is 4.00. The number of nitrogens with zero attached hydrogens (tertiary/aromatic N) is 3. The lowest BCUT2D eigenvalue weighted by atomic mass is 10.1. The number of hydrogen-bond acceptors (Lipinski definition) is 4. The molecule has 27 heavy (non-hydrogen) atoms. The third kappa shape index (κ3) is 2.96. The zero-order valence-corrected chi connectivity index (χ0v) is 15.6. The van der Waals surface area contributed by atoms with Crippen molar-refractivity contribution >= 4 is 40.7 Å². The van der Waals surface area contributed by atoms with E-state index in [1.807, 2.05) is 6.07 Å². The summed E-state index contributed by atoms with van der Waals surface area (Å²) in [5.74, 6) is -0.644. The molecule has 2 aromatic rings. The number of benzene rings is 2. The van der Waals surface area contributed by atoms with Crippen LogP contribution in [0.2, 0.25) is 5.02 Å². The van der Waals surface area contributed by atoms with E-state index >= 15 is 0 Å². The van der Waals surface area contributed by atoms with Crippen LogP contribution >= 0.6 is 11.6 Å². The number of rotatable bonds is 2. The maximum atomic E-state index is 12.9. The molecule has 0 bridgehead atoms. The fraction of sp³-hybridized carbons (Fsp3) is 0.250. The Morgan fingerprint density at radius 1 is 0.889 bits per heavy atom. The Labute approximate surface area is 161 Å². The highest BCUT2D eigenvalue weighted by Gasteiger charge is 2.38. The average Bonchev–Trinajstić information content (AvgIpc) is 2.93. The number of carbonyl (C=O) groups excluding carboxylic acids is 3. The Morgan fingerprint density at radius 2 is 1.48 bits per heavy atom. The molecule has 0 radical (unpaired) electrons. The summed E-state index contributed by atoms with van der Waals surface area (Å²) in [5.41, 5.74) is 2.03. The van der Waals surface area contributed by atoms with Crippen molar-refractivity contribution in [3.63, 3.8) is 0 Å². The van der Waals surface area contributed by atoms with E-state index in [-0.39, 0.29) is 17.7 Å². The van der Waals surface area contributed by atoms with E-state index in [2.05, 4.69) is 4.90 Å². The maximum Gasteiger partial charge on any atom is 0.266 e. The predicted octanol–water partition coefficient (Wildman–Crippen LogP) is 2.81. The van der Waals surface area contributed by atoms with Gasteiger partial charge in [0.2, 0.25) is 5.91 Å². The minimum Gasteiger partial charge on any atom is -0.366 e. The normalized spacial score (nSPS) is 16.7. The molecule has 4 rings (SSSR count). The lowest BCUT2D eigenvalue weighted by Gasteiger charge is -2.37. The van der Waals surface area contributed by atoms with Crippen LogP contribution in [0.25, 0.3) is 0 Å². The molecule has 2 aliphatic heterocycles. The first-order valence-corrected chi connectivity index (χ1v) is 9.13. The first-order valence-electron chi connectivity index (χ1n) is 8.75. The Morgan fingerprint density at radius 3 is 2.04 bits per heavy atom. The molecule has 2 aliphatic rings. The Bertz CT molecular complexity index is 916. The number of amides is 3. The van der Waals surface area contributed by atoms with Crippen molar-refractivity contribution in [1.29, 1.82) is 0 Å². The van der Waals surface area contributed by atoms with Crippen LogP contribution in [0.4, 0.5) is 11.4 Å². The minimum absolute atomic E-state index is 0.0475. The van der Waals surface area contributed by atoms with Crippen LogP contribution in [0, 0.1) is 0 Å². The number of fused-ring (bicyclic) bond motifs is 1. The third-order valence-electron chi connectivity index (χ3n) is 5.04. The van der Waals surface area contributed by atoms with E-state index in [9.17, 15) is 14.4 Å². The number of hydrogen-bond donors (Lipinski definition) is 0. The molecule has 2 aromatic carbocycles. The number of piperazine rings is 1. The van der Waals surface area contributed by atoms with Crippen LogP contribution in [0.3, 0.4) is 0 Å². The summed E-state index contributed by atoms with van der Waals surface area (Å²) < 4.78 is 0. The SMILES string of the molecule is CC(=O)N1CCN(c2ccc(Cl)cc2N2C(=O)c3ccccc3C2=O)CC1. The molecule has 138 valence electrons. The van der Waals surface area contributed by atoms with Gasteiger partial charge in [-0.3, -0.25) is 14.4 Å². The second-order valence-corrected chi connectivity index (χ2v) is 7.05. The van der Waals surface area contributed by atoms with Crippen molar-refractivity contribution in [3.8, 4) is 0 Å².